The molecule has 0 saturated carbocycles. The summed E-state index contributed by atoms with van der Waals surface area (Å²) in [6.07, 6.45) is 3.35. The number of aryl methyl sites for hydroxylation is 1. The fourth-order valence-electron chi connectivity index (χ4n) is 5.25. The van der Waals surface area contributed by atoms with Crippen LogP contribution in [0.25, 0.3) is 10.9 Å². The molecule has 1 aliphatic rings. The molecular formula is C32H35ClN6O3S. The highest BCUT2D eigenvalue weighted by Crippen LogP contribution is 2.38. The second kappa shape index (κ2) is 13.5. The highest BCUT2D eigenvalue weighted by Gasteiger charge is 2.30. The average molecular weight is 619 g/mol. The molecule has 0 saturated heterocycles. The molecule has 3 amide bonds. The van der Waals surface area contributed by atoms with Crippen molar-refractivity contribution in [2.45, 2.75) is 41.1 Å². The van der Waals surface area contributed by atoms with Gasteiger partial charge in [0.15, 0.2) is 0 Å². The van der Waals surface area contributed by atoms with Crippen LogP contribution in [0.3, 0.4) is 0 Å². The van der Waals surface area contributed by atoms with E-state index in [1.807, 2.05) is 84.5 Å². The molecule has 0 radical (unpaired) electrons. The van der Waals surface area contributed by atoms with Gasteiger partial charge >= 0.3 is 0 Å². The Morgan fingerprint density at radius 2 is 1.65 bits per heavy atom. The van der Waals surface area contributed by atoms with Crippen LogP contribution >= 0.6 is 23.4 Å². The van der Waals surface area contributed by atoms with E-state index in [9.17, 15) is 14.4 Å². The summed E-state index contributed by atoms with van der Waals surface area (Å²) in [5, 5.41) is 10.8. The summed E-state index contributed by atoms with van der Waals surface area (Å²) in [7, 11) is 3.52. The number of benzene rings is 3. The van der Waals surface area contributed by atoms with Gasteiger partial charge in [-0.3, -0.25) is 14.4 Å². The molecule has 0 spiro atoms. The maximum absolute atomic E-state index is 14.0. The van der Waals surface area contributed by atoms with Crippen LogP contribution in [0, 0.1) is 0 Å². The number of fused-ring (bicyclic) bond motifs is 3. The zero-order valence-electron chi connectivity index (χ0n) is 24.1. The van der Waals surface area contributed by atoms with Gasteiger partial charge in [-0.25, -0.2) is 0 Å². The van der Waals surface area contributed by atoms with Gasteiger partial charge in [0, 0.05) is 58.1 Å². The predicted octanol–water partition coefficient (Wildman–Crippen LogP) is 4.64. The summed E-state index contributed by atoms with van der Waals surface area (Å²) >= 11 is 7.73. The molecule has 2 unspecified atom stereocenters. The Kier molecular flexibility index (Phi) is 9.59. The van der Waals surface area contributed by atoms with Crippen molar-refractivity contribution < 1.29 is 14.4 Å². The lowest BCUT2D eigenvalue weighted by Crippen LogP contribution is -2.51. The lowest BCUT2D eigenvalue weighted by molar-refractivity contribution is -0.137. The monoisotopic (exact) mass is 618 g/mol. The third kappa shape index (κ3) is 6.98. The smallest absolute Gasteiger partial charge is 0.247 e. The first kappa shape index (κ1) is 30.5. The van der Waals surface area contributed by atoms with E-state index < -0.39 is 12.1 Å². The molecule has 9 nitrogen and oxygen atoms in total. The molecule has 43 heavy (non-hydrogen) atoms. The first-order valence-electron chi connectivity index (χ1n) is 14.2. The fourth-order valence-corrected chi connectivity index (χ4v) is 6.41. The zero-order valence-corrected chi connectivity index (χ0v) is 25.7. The van der Waals surface area contributed by atoms with Crippen molar-refractivity contribution in [2.24, 2.45) is 12.8 Å². The Bertz CT molecular complexity index is 1660. The maximum atomic E-state index is 14.0. The van der Waals surface area contributed by atoms with E-state index >= 15 is 0 Å². The number of rotatable bonds is 5. The van der Waals surface area contributed by atoms with Gasteiger partial charge in [-0.15, -0.1) is 0 Å². The topological polar surface area (TPSA) is 121 Å². The van der Waals surface area contributed by atoms with Crippen LogP contribution in [0.5, 0.6) is 0 Å². The number of hydrogen-bond acceptors (Lipinski definition) is 6. The van der Waals surface area contributed by atoms with Crippen LogP contribution < -0.4 is 21.7 Å². The molecule has 0 fully saturated rings. The Balaban J connectivity index is 1.54. The molecule has 4 aromatic rings. The normalized spacial score (nSPS) is 18.1. The number of aromatic nitrogens is 1. The minimum absolute atomic E-state index is 0.252. The third-order valence-electron chi connectivity index (χ3n) is 7.62. The lowest BCUT2D eigenvalue weighted by Gasteiger charge is -2.28. The molecule has 0 bridgehead atoms. The van der Waals surface area contributed by atoms with Crippen molar-refractivity contribution >= 4 is 63.4 Å². The summed E-state index contributed by atoms with van der Waals surface area (Å²) < 4.78 is 1.96. The van der Waals surface area contributed by atoms with Crippen LogP contribution in [0.15, 0.2) is 82.7 Å². The van der Waals surface area contributed by atoms with Gasteiger partial charge in [0.2, 0.25) is 17.7 Å². The number of carbonyl (C=O) groups excluding carboxylic acids is 3. The first-order valence-corrected chi connectivity index (χ1v) is 15.3. The maximum Gasteiger partial charge on any atom is 0.247 e. The Morgan fingerprint density at radius 3 is 2.40 bits per heavy atom. The number of anilines is 2. The van der Waals surface area contributed by atoms with Gasteiger partial charge in [0.05, 0.1) is 12.2 Å². The molecule has 11 heteroatoms. The minimum atomic E-state index is -0.854. The molecular weight excluding hydrogens is 584 g/mol. The number of carbonyl (C=O) groups is 3. The molecule has 3 aromatic carbocycles. The van der Waals surface area contributed by atoms with E-state index in [1.54, 1.807) is 7.05 Å². The largest absolute Gasteiger partial charge is 0.373 e. The Labute approximate surface area is 260 Å². The second-order valence-electron chi connectivity index (χ2n) is 10.6. The fraction of sp³-hybridized carbons (Fsp3) is 0.281. The van der Waals surface area contributed by atoms with E-state index in [0.29, 0.717) is 30.1 Å². The van der Waals surface area contributed by atoms with Gasteiger partial charge < -0.3 is 31.2 Å². The SMILES string of the molecule is CN1C(=O)CNC(=O)C(CCCN)Nc2ccccc2Sc2ccccc2NC(=O)C1Cc1cn(C)c2cc(Cl)ccc12. The van der Waals surface area contributed by atoms with Crippen LogP contribution in [-0.4, -0.2) is 59.4 Å². The summed E-state index contributed by atoms with van der Waals surface area (Å²) in [6, 6.07) is 19.4. The summed E-state index contributed by atoms with van der Waals surface area (Å²) in [5.41, 5.74) is 9.01. The molecule has 5 rings (SSSR count). The number of likely N-dealkylation sites (N-methyl/N-ethyl adjacent to an activating group) is 1. The molecule has 5 N–H and O–H groups in total. The van der Waals surface area contributed by atoms with Crippen molar-refractivity contribution in [1.82, 2.24) is 14.8 Å². The first-order chi connectivity index (χ1) is 20.7. The van der Waals surface area contributed by atoms with Crippen molar-refractivity contribution in [1.29, 1.82) is 0 Å². The molecule has 1 aromatic heterocycles. The lowest BCUT2D eigenvalue weighted by atomic mass is 10.0. The number of amides is 3. The Hall–Kier alpha value is -3.99. The standard InChI is InChI=1S/C32H35ClN6O3S/c1-38-19-20(22-14-13-21(33)17-26(22)38)16-27-32(42)37-24-9-4-6-12-29(24)43-28-11-5-3-8-23(28)36-25(10-7-15-34)31(41)35-18-30(40)39(27)2/h3-6,8-9,11-14,17,19,25,27,36H,7,10,15-16,18,34H2,1-2H3,(H,35,41)(H,37,42). The molecule has 224 valence electrons. The van der Waals surface area contributed by atoms with Crippen molar-refractivity contribution in [3.8, 4) is 0 Å². The molecule has 2 heterocycles. The predicted molar refractivity (Wildman–Crippen MR) is 173 cm³/mol. The zero-order chi connectivity index (χ0) is 30.5. The number of nitrogens with zero attached hydrogens (tertiary/aromatic N) is 2. The van der Waals surface area contributed by atoms with E-state index in [2.05, 4.69) is 16.0 Å². The van der Waals surface area contributed by atoms with Crippen molar-refractivity contribution in [2.75, 3.05) is 30.8 Å². The number of para-hydroxylation sites is 2. The van der Waals surface area contributed by atoms with E-state index in [0.717, 1.165) is 31.9 Å². The van der Waals surface area contributed by atoms with Gasteiger partial charge in [-0.2, -0.15) is 0 Å². The van der Waals surface area contributed by atoms with E-state index in [-0.39, 0.29) is 30.7 Å². The van der Waals surface area contributed by atoms with Gasteiger partial charge in [0.1, 0.15) is 12.1 Å². The summed E-state index contributed by atoms with van der Waals surface area (Å²) in [4.78, 5) is 44.0. The van der Waals surface area contributed by atoms with Crippen LogP contribution in [0.4, 0.5) is 11.4 Å². The highest BCUT2D eigenvalue weighted by atomic mass is 35.5. The number of halogens is 1. The van der Waals surface area contributed by atoms with Gasteiger partial charge in [-0.05, 0) is 61.3 Å². The Morgan fingerprint density at radius 1 is 0.953 bits per heavy atom. The molecule has 1 aliphatic heterocycles. The minimum Gasteiger partial charge on any atom is -0.373 e. The number of hydrogen-bond donors (Lipinski definition) is 4. The van der Waals surface area contributed by atoms with Crippen LogP contribution in [0.2, 0.25) is 5.02 Å². The molecule has 0 aliphatic carbocycles. The summed E-state index contributed by atoms with van der Waals surface area (Å²) in [6.45, 7) is 0.185. The summed E-state index contributed by atoms with van der Waals surface area (Å²) in [5.74, 6) is -1.02. The van der Waals surface area contributed by atoms with Crippen molar-refractivity contribution in [3.05, 3.63) is 83.5 Å². The number of nitrogens with two attached hydrogens (primary N) is 1. The average Bonchev–Trinajstić information content (AvgIpc) is 3.31. The number of nitrogens with one attached hydrogen (secondary N) is 3. The van der Waals surface area contributed by atoms with Crippen molar-refractivity contribution in [3.63, 3.8) is 0 Å². The third-order valence-corrected chi connectivity index (χ3v) is 9.01. The van der Waals surface area contributed by atoms with Gasteiger partial charge in [-0.1, -0.05) is 53.7 Å². The second-order valence-corrected chi connectivity index (χ2v) is 12.1. The van der Waals surface area contributed by atoms with Gasteiger partial charge in [0.25, 0.3) is 0 Å². The van der Waals surface area contributed by atoms with E-state index in [4.69, 9.17) is 17.3 Å². The quantitative estimate of drug-likeness (QED) is 0.259. The van der Waals surface area contributed by atoms with Crippen LogP contribution in [-0.2, 0) is 27.9 Å². The highest BCUT2D eigenvalue weighted by molar-refractivity contribution is 7.99. The van der Waals surface area contributed by atoms with Crippen LogP contribution in [0.1, 0.15) is 18.4 Å². The molecule has 2 atom stereocenters. The van der Waals surface area contributed by atoms with E-state index in [1.165, 1.54) is 16.7 Å².